The van der Waals surface area contributed by atoms with E-state index < -0.39 is 22.7 Å². The highest BCUT2D eigenvalue weighted by atomic mass is 32.2. The van der Waals surface area contributed by atoms with Gasteiger partial charge in [0.05, 0.1) is 0 Å². The van der Waals surface area contributed by atoms with Crippen molar-refractivity contribution in [1.82, 2.24) is 0 Å². The second kappa shape index (κ2) is 6.32. The first-order chi connectivity index (χ1) is 10.4. The van der Waals surface area contributed by atoms with Crippen molar-refractivity contribution in [2.24, 2.45) is 11.5 Å². The molecule has 0 aliphatic heterocycles. The molecule has 0 saturated heterocycles. The van der Waals surface area contributed by atoms with Crippen molar-refractivity contribution >= 4 is 11.2 Å². The summed E-state index contributed by atoms with van der Waals surface area (Å²) < 4.78 is 12.8. The largest absolute Gasteiger partial charge is 0.606 e. The lowest BCUT2D eigenvalue weighted by molar-refractivity contribution is 0.433. The van der Waals surface area contributed by atoms with E-state index in [0.29, 0.717) is 0 Å². The summed E-state index contributed by atoms with van der Waals surface area (Å²) in [4.78, 5) is -0.0352. The molecule has 0 aliphatic rings. The predicted molar refractivity (Wildman–Crippen MR) is 80.0 cm³/mol. The van der Waals surface area contributed by atoms with Crippen molar-refractivity contribution in [2.45, 2.75) is 22.9 Å². The Balaban J connectivity index is 2.65. The van der Waals surface area contributed by atoms with Crippen LogP contribution in [-0.4, -0.2) is 25.0 Å². The quantitative estimate of drug-likeness (QED) is 0.449. The molecule has 0 heterocycles. The molecule has 22 heavy (non-hydrogen) atoms. The molecular formula is C14H16N2O5S. The van der Waals surface area contributed by atoms with Crippen LogP contribution < -0.4 is 11.5 Å². The van der Waals surface area contributed by atoms with Gasteiger partial charge in [0.2, 0.25) is 9.79 Å². The Hall–Kier alpha value is -2.13. The van der Waals surface area contributed by atoms with Gasteiger partial charge in [0.15, 0.2) is 11.5 Å². The fraction of sp³-hybridized carbons (Fsp3) is 0.143. The van der Waals surface area contributed by atoms with Gasteiger partial charge in [-0.05, 0) is 12.1 Å². The third kappa shape index (κ3) is 2.90. The summed E-state index contributed by atoms with van der Waals surface area (Å²) in [6.45, 7) is -0.139. The third-order valence-corrected chi connectivity index (χ3v) is 4.76. The molecule has 0 bridgehead atoms. The van der Waals surface area contributed by atoms with Crippen molar-refractivity contribution in [1.29, 1.82) is 0 Å². The maximum Gasteiger partial charge on any atom is 0.204 e. The van der Waals surface area contributed by atoms with E-state index in [1.54, 1.807) is 0 Å². The van der Waals surface area contributed by atoms with Crippen molar-refractivity contribution in [3.05, 3.63) is 35.4 Å². The fourth-order valence-electron chi connectivity index (χ4n) is 2.15. The summed E-state index contributed by atoms with van der Waals surface area (Å²) in [7, 11) is 0. The van der Waals surface area contributed by atoms with Gasteiger partial charge >= 0.3 is 0 Å². The molecule has 0 saturated carbocycles. The first-order valence-corrected chi connectivity index (χ1v) is 7.45. The van der Waals surface area contributed by atoms with E-state index in [1.807, 2.05) is 0 Å². The van der Waals surface area contributed by atoms with Crippen LogP contribution in [0.5, 0.6) is 23.0 Å². The lowest BCUT2D eigenvalue weighted by Crippen LogP contribution is -2.13. The third-order valence-electron chi connectivity index (χ3n) is 3.07. The van der Waals surface area contributed by atoms with Crippen LogP contribution in [0.25, 0.3) is 0 Å². The Labute approximate surface area is 129 Å². The highest BCUT2D eigenvalue weighted by Gasteiger charge is 2.29. The zero-order valence-corrected chi connectivity index (χ0v) is 12.3. The number of nitrogens with two attached hydrogens (primary N) is 2. The zero-order valence-electron chi connectivity index (χ0n) is 11.5. The molecule has 0 unspecified atom stereocenters. The van der Waals surface area contributed by atoms with Crippen LogP contribution in [0.1, 0.15) is 11.1 Å². The van der Waals surface area contributed by atoms with E-state index in [9.17, 15) is 25.0 Å². The molecule has 8 N–H and O–H groups in total. The summed E-state index contributed by atoms with van der Waals surface area (Å²) in [6.07, 6.45) is 0. The van der Waals surface area contributed by atoms with E-state index in [-0.39, 0.29) is 45.5 Å². The minimum atomic E-state index is -1.99. The van der Waals surface area contributed by atoms with Gasteiger partial charge in [0, 0.05) is 47.5 Å². The number of phenols is 4. The highest BCUT2D eigenvalue weighted by Crippen LogP contribution is 2.40. The van der Waals surface area contributed by atoms with E-state index >= 15 is 0 Å². The minimum Gasteiger partial charge on any atom is -0.606 e. The summed E-state index contributed by atoms with van der Waals surface area (Å²) in [5.74, 6) is -1.25. The van der Waals surface area contributed by atoms with Gasteiger partial charge in [-0.3, -0.25) is 0 Å². The van der Waals surface area contributed by atoms with E-state index in [2.05, 4.69) is 0 Å². The van der Waals surface area contributed by atoms with Crippen LogP contribution >= 0.6 is 0 Å². The second-order valence-corrected chi connectivity index (χ2v) is 5.94. The molecule has 0 atom stereocenters. The molecule has 0 aliphatic carbocycles. The first-order valence-electron chi connectivity index (χ1n) is 6.30. The molecular weight excluding hydrogens is 308 g/mol. The van der Waals surface area contributed by atoms with E-state index in [0.717, 1.165) is 12.1 Å². The number of rotatable bonds is 4. The molecule has 0 fully saturated rings. The van der Waals surface area contributed by atoms with Gasteiger partial charge < -0.3 is 36.4 Å². The SMILES string of the molecule is NCc1cc(O)cc(O)c1[S+]([O-])c1c(O)cc(O)cc1CN. The van der Waals surface area contributed by atoms with Crippen LogP contribution in [0.3, 0.4) is 0 Å². The van der Waals surface area contributed by atoms with Gasteiger partial charge in [-0.2, -0.15) is 0 Å². The van der Waals surface area contributed by atoms with Crippen molar-refractivity contribution in [3.63, 3.8) is 0 Å². The van der Waals surface area contributed by atoms with Crippen LogP contribution in [0.2, 0.25) is 0 Å². The van der Waals surface area contributed by atoms with Crippen LogP contribution in [0, 0.1) is 0 Å². The fourth-order valence-corrected chi connectivity index (χ4v) is 3.61. The average molecular weight is 324 g/mol. The minimum absolute atomic E-state index is 0.0176. The number of phenolic OH excluding ortho intramolecular Hbond substituents is 4. The summed E-state index contributed by atoms with van der Waals surface area (Å²) in [5, 5.41) is 38.9. The molecule has 0 aromatic heterocycles. The van der Waals surface area contributed by atoms with Crippen LogP contribution in [0.4, 0.5) is 0 Å². The smallest absolute Gasteiger partial charge is 0.204 e. The van der Waals surface area contributed by atoms with Crippen molar-refractivity contribution < 1.29 is 25.0 Å². The summed E-state index contributed by atoms with van der Waals surface area (Å²) in [6, 6.07) is 4.64. The lowest BCUT2D eigenvalue weighted by atomic mass is 10.2. The molecule has 118 valence electrons. The molecule has 0 radical (unpaired) electrons. The highest BCUT2D eigenvalue weighted by molar-refractivity contribution is 7.91. The Kier molecular flexibility index (Phi) is 4.67. The van der Waals surface area contributed by atoms with Crippen molar-refractivity contribution in [2.75, 3.05) is 0 Å². The Morgan fingerprint density at radius 3 is 1.45 bits per heavy atom. The van der Waals surface area contributed by atoms with Crippen LogP contribution in [-0.2, 0) is 24.3 Å². The number of aromatic hydroxyl groups is 4. The Bertz CT molecular complexity index is 649. The van der Waals surface area contributed by atoms with E-state index in [1.165, 1.54) is 12.1 Å². The Morgan fingerprint density at radius 2 is 1.14 bits per heavy atom. The first kappa shape index (κ1) is 16.2. The number of benzene rings is 2. The Morgan fingerprint density at radius 1 is 0.773 bits per heavy atom. The number of hydrogen-bond acceptors (Lipinski definition) is 7. The predicted octanol–water partition coefficient (Wildman–Crippen LogP) is 0.593. The monoisotopic (exact) mass is 324 g/mol. The average Bonchev–Trinajstić information content (AvgIpc) is 2.44. The second-order valence-electron chi connectivity index (χ2n) is 4.58. The van der Waals surface area contributed by atoms with Gasteiger partial charge in [0.1, 0.15) is 11.5 Å². The molecule has 7 nitrogen and oxygen atoms in total. The normalized spacial score (nSPS) is 11.1. The number of hydrogen-bond donors (Lipinski definition) is 6. The van der Waals surface area contributed by atoms with Crippen molar-refractivity contribution in [3.8, 4) is 23.0 Å². The van der Waals surface area contributed by atoms with Gasteiger partial charge in [0.25, 0.3) is 0 Å². The molecule has 0 spiro atoms. The standard InChI is InChI=1S/C14H16N2O5S/c15-5-7-1-9(17)3-11(19)13(7)22(21)14-8(6-16)2-10(18)4-12(14)20/h1-4,17-20H,5-6,15-16H2. The summed E-state index contributed by atoms with van der Waals surface area (Å²) in [5.41, 5.74) is 11.6. The van der Waals surface area contributed by atoms with E-state index in [4.69, 9.17) is 11.5 Å². The maximum atomic E-state index is 12.8. The molecule has 8 heteroatoms. The molecule has 0 amide bonds. The topological polar surface area (TPSA) is 156 Å². The van der Waals surface area contributed by atoms with Gasteiger partial charge in [-0.25, -0.2) is 0 Å². The van der Waals surface area contributed by atoms with Gasteiger partial charge in [-0.1, -0.05) is 0 Å². The lowest BCUT2D eigenvalue weighted by Gasteiger charge is -2.18. The summed E-state index contributed by atoms with van der Waals surface area (Å²) >= 11 is -1.99. The van der Waals surface area contributed by atoms with Crippen LogP contribution in [0.15, 0.2) is 34.1 Å². The maximum absolute atomic E-state index is 12.8. The molecule has 2 aromatic rings. The zero-order chi connectivity index (χ0) is 16.4. The van der Waals surface area contributed by atoms with Gasteiger partial charge in [-0.15, -0.1) is 0 Å². The molecule has 2 rings (SSSR count). The molecule has 2 aromatic carbocycles.